The van der Waals surface area contributed by atoms with Crippen molar-refractivity contribution >= 4 is 35.1 Å². The highest BCUT2D eigenvalue weighted by atomic mass is 35.5. The van der Waals surface area contributed by atoms with Crippen LogP contribution in [0.2, 0.25) is 10.0 Å². The second kappa shape index (κ2) is 18.1. The molecule has 0 aliphatic heterocycles. The van der Waals surface area contributed by atoms with Gasteiger partial charge in [0.1, 0.15) is 35.1 Å². The monoisotopic (exact) mass is 624 g/mol. The predicted molar refractivity (Wildman–Crippen MR) is 151 cm³/mol. The second-order valence-electron chi connectivity index (χ2n) is 9.79. The summed E-state index contributed by atoms with van der Waals surface area (Å²) in [6.45, 7) is 16.6. The van der Waals surface area contributed by atoms with Crippen molar-refractivity contribution in [2.75, 3.05) is 33.5 Å². The Labute approximate surface area is 250 Å². The first-order valence-electron chi connectivity index (χ1n) is 13.4. The van der Waals surface area contributed by atoms with E-state index in [1.54, 1.807) is 13.8 Å². The molecule has 4 atom stereocenters. The lowest BCUT2D eigenvalue weighted by Crippen LogP contribution is -2.19. The molecule has 4 unspecified atom stereocenters. The molecular weight excluding hydrogens is 583 g/mol. The number of aliphatic carboxylic acids is 1. The molecule has 0 spiro atoms. The molecule has 2 heterocycles. The van der Waals surface area contributed by atoms with Gasteiger partial charge in [0.25, 0.3) is 11.8 Å². The molecule has 1 N–H and O–H groups in total. The number of hydrogen-bond acceptors (Lipinski definition) is 11. The van der Waals surface area contributed by atoms with E-state index < -0.39 is 23.8 Å². The van der Waals surface area contributed by atoms with E-state index in [1.165, 1.54) is 7.11 Å². The number of hydrogen-bond donors (Lipinski definition) is 1. The van der Waals surface area contributed by atoms with Crippen molar-refractivity contribution < 1.29 is 47.4 Å². The van der Waals surface area contributed by atoms with Gasteiger partial charge in [-0.15, -0.1) is 0 Å². The molecule has 0 bridgehead atoms. The van der Waals surface area contributed by atoms with Crippen molar-refractivity contribution in [1.82, 2.24) is 10.3 Å². The van der Waals surface area contributed by atoms with Crippen molar-refractivity contribution in [3.8, 4) is 11.8 Å². The first kappa shape index (κ1) is 36.5. The molecule has 0 aromatic carbocycles. The van der Waals surface area contributed by atoms with E-state index in [0.717, 1.165) is 0 Å². The van der Waals surface area contributed by atoms with Gasteiger partial charge < -0.3 is 37.8 Å². The van der Waals surface area contributed by atoms with Crippen LogP contribution in [-0.4, -0.2) is 73.1 Å². The summed E-state index contributed by atoms with van der Waals surface area (Å²) in [5.41, 5.74) is 0. The van der Waals surface area contributed by atoms with Gasteiger partial charge >= 0.3 is 11.9 Å². The number of aromatic nitrogens is 2. The summed E-state index contributed by atoms with van der Waals surface area (Å²) in [7, 11) is 1.32. The van der Waals surface area contributed by atoms with Gasteiger partial charge in [-0.25, -0.2) is 0 Å². The zero-order valence-electron chi connectivity index (χ0n) is 25.1. The third kappa shape index (κ3) is 11.0. The Morgan fingerprint density at radius 2 is 1.17 bits per heavy atom. The average Bonchev–Trinajstić information content (AvgIpc) is 3.43. The van der Waals surface area contributed by atoms with E-state index in [9.17, 15) is 14.7 Å². The Morgan fingerprint density at radius 1 is 0.780 bits per heavy atom. The molecule has 0 amide bonds. The quantitative estimate of drug-likeness (QED) is 0.218. The lowest BCUT2D eigenvalue weighted by Gasteiger charge is -2.15. The fourth-order valence-electron chi connectivity index (χ4n) is 3.69. The van der Waals surface area contributed by atoms with E-state index in [2.05, 4.69) is 10.3 Å². The zero-order valence-corrected chi connectivity index (χ0v) is 26.6. The number of ether oxygens (including phenoxy) is 5. The molecule has 2 aromatic rings. The van der Waals surface area contributed by atoms with Crippen LogP contribution in [0, 0.1) is 11.8 Å². The van der Waals surface area contributed by atoms with Crippen LogP contribution in [0.15, 0.2) is 9.05 Å². The van der Waals surface area contributed by atoms with Gasteiger partial charge in [0.2, 0.25) is 0 Å². The molecular formula is C27H42Cl2N2O10. The van der Waals surface area contributed by atoms with E-state index in [0.29, 0.717) is 19.8 Å². The number of nitrogens with zero attached hydrogens (tertiary/aromatic N) is 2. The van der Waals surface area contributed by atoms with Gasteiger partial charge in [-0.1, -0.05) is 50.9 Å². The van der Waals surface area contributed by atoms with Crippen molar-refractivity contribution in [3.05, 3.63) is 21.6 Å². The standard InChI is InChI=1S/C14H22ClNO5.C13H20ClNO5/c1-6-19-9(4)7-20-13-11(15)12(21-16-13)10(8(2)3)14(17)18-5;1-5-18-8(4)6-19-12-10(14)11(20-15-12)9(7(2)3)13(16)17/h8-10H,6-7H2,1-5H3;7-9H,5-6H2,1-4H3,(H,16,17). The van der Waals surface area contributed by atoms with Gasteiger partial charge in [0.05, 0.1) is 19.3 Å². The first-order chi connectivity index (χ1) is 19.3. The summed E-state index contributed by atoms with van der Waals surface area (Å²) in [5.74, 6) is -2.47. The minimum atomic E-state index is -1.01. The molecule has 14 heteroatoms. The molecule has 12 nitrogen and oxygen atoms in total. The summed E-state index contributed by atoms with van der Waals surface area (Å²) in [6.07, 6.45) is -0.204. The molecule has 0 saturated carbocycles. The lowest BCUT2D eigenvalue weighted by molar-refractivity contribution is -0.144. The SMILES string of the molecule is CCOC(C)COc1noc(C(C(=O)O)C(C)C)c1Cl.CCOC(C)COc1noc(C(C(=O)OC)C(C)C)c1Cl. The van der Waals surface area contributed by atoms with Gasteiger partial charge in [0.15, 0.2) is 11.5 Å². The van der Waals surface area contributed by atoms with E-state index in [1.807, 2.05) is 41.5 Å². The third-order valence-electron chi connectivity index (χ3n) is 5.69. The van der Waals surface area contributed by atoms with Crippen LogP contribution in [0.1, 0.15) is 78.7 Å². The number of carbonyl (C=O) groups excluding carboxylic acids is 1. The van der Waals surface area contributed by atoms with E-state index >= 15 is 0 Å². The smallest absolute Gasteiger partial charge is 0.316 e. The largest absolute Gasteiger partial charge is 0.481 e. The fourth-order valence-corrected chi connectivity index (χ4v) is 4.17. The third-order valence-corrected chi connectivity index (χ3v) is 6.39. The number of carboxylic acid groups (broad SMARTS) is 1. The lowest BCUT2D eigenvalue weighted by atomic mass is 9.93. The summed E-state index contributed by atoms with van der Waals surface area (Å²) < 4.78 is 36.5. The maximum Gasteiger partial charge on any atom is 0.316 e. The predicted octanol–water partition coefficient (Wildman–Crippen LogP) is 6.00. The Hall–Kier alpha value is -2.54. The molecule has 2 aromatic heterocycles. The molecule has 0 aliphatic rings. The zero-order chi connectivity index (χ0) is 31.3. The number of halogens is 2. The van der Waals surface area contributed by atoms with Crippen LogP contribution in [0.25, 0.3) is 0 Å². The average molecular weight is 626 g/mol. The summed E-state index contributed by atoms with van der Waals surface area (Å²) in [6, 6.07) is 0. The minimum Gasteiger partial charge on any atom is -0.481 e. The summed E-state index contributed by atoms with van der Waals surface area (Å²) >= 11 is 12.3. The van der Waals surface area contributed by atoms with Crippen LogP contribution in [0.3, 0.4) is 0 Å². The van der Waals surface area contributed by atoms with Crippen molar-refractivity contribution in [2.45, 2.75) is 79.4 Å². The fraction of sp³-hybridized carbons (Fsp3) is 0.704. The Balaban J connectivity index is 0.000000410. The maximum absolute atomic E-state index is 11.8. The highest BCUT2D eigenvalue weighted by Gasteiger charge is 2.34. The summed E-state index contributed by atoms with van der Waals surface area (Å²) in [5, 5.41) is 17.0. The van der Waals surface area contributed by atoms with Crippen LogP contribution in [0.5, 0.6) is 11.8 Å². The van der Waals surface area contributed by atoms with Crippen molar-refractivity contribution in [2.24, 2.45) is 11.8 Å². The minimum absolute atomic E-state index is 0.0434. The first-order valence-corrected chi connectivity index (χ1v) is 14.1. The highest BCUT2D eigenvalue weighted by Crippen LogP contribution is 2.37. The molecule has 0 aliphatic carbocycles. The van der Waals surface area contributed by atoms with Crippen molar-refractivity contribution in [3.63, 3.8) is 0 Å². The molecule has 41 heavy (non-hydrogen) atoms. The van der Waals surface area contributed by atoms with Crippen LogP contribution < -0.4 is 9.47 Å². The Kier molecular flexibility index (Phi) is 16.1. The van der Waals surface area contributed by atoms with Gasteiger partial charge in [-0.3, -0.25) is 9.59 Å². The number of rotatable bonds is 16. The molecule has 0 saturated heterocycles. The molecule has 0 fully saturated rings. The van der Waals surface area contributed by atoms with E-state index in [-0.39, 0.29) is 64.0 Å². The van der Waals surface area contributed by atoms with Crippen LogP contribution in [0.4, 0.5) is 0 Å². The van der Waals surface area contributed by atoms with Crippen LogP contribution >= 0.6 is 23.2 Å². The number of carboxylic acids is 1. The second-order valence-corrected chi connectivity index (χ2v) is 10.5. The topological polar surface area (TPSA) is 153 Å². The maximum atomic E-state index is 11.8. The number of carbonyl (C=O) groups is 2. The Morgan fingerprint density at radius 3 is 1.49 bits per heavy atom. The summed E-state index contributed by atoms with van der Waals surface area (Å²) in [4.78, 5) is 23.1. The van der Waals surface area contributed by atoms with Gasteiger partial charge in [-0.2, -0.15) is 0 Å². The van der Waals surface area contributed by atoms with Gasteiger partial charge in [0, 0.05) is 13.2 Å². The van der Waals surface area contributed by atoms with Gasteiger partial charge in [-0.05, 0) is 49.8 Å². The molecule has 2 rings (SSSR count). The highest BCUT2D eigenvalue weighted by molar-refractivity contribution is 6.33. The number of esters is 1. The number of methoxy groups -OCH3 is 1. The van der Waals surface area contributed by atoms with Crippen LogP contribution in [-0.2, 0) is 23.8 Å². The van der Waals surface area contributed by atoms with E-state index in [4.69, 9.17) is 55.9 Å². The van der Waals surface area contributed by atoms with Crippen molar-refractivity contribution in [1.29, 1.82) is 0 Å². The molecule has 0 radical (unpaired) electrons. The molecule has 234 valence electrons. The Bertz CT molecular complexity index is 1070. The normalized spacial score (nSPS) is 14.2.